The van der Waals surface area contributed by atoms with E-state index in [0.29, 0.717) is 28.4 Å². The average molecular weight is 460 g/mol. The van der Waals surface area contributed by atoms with Crippen LogP contribution in [0.15, 0.2) is 72.6 Å². The number of amides is 1. The van der Waals surface area contributed by atoms with E-state index in [-0.39, 0.29) is 17.9 Å². The van der Waals surface area contributed by atoms with Gasteiger partial charge in [-0.05, 0) is 53.6 Å². The maximum atomic E-state index is 13.2. The Hall–Kier alpha value is -4.33. The standard InChI is InChI=1S/C26H24N2O6/c1-32-19-6-4-5-16(13-19)15-28-23(17-9-11-27-12-10-17)22(25(30)26(28)31)24(29)18-7-8-20(33-2)21(14-18)34-3/h4-14,23,29H,15H2,1-3H3/b24-22-. The topological polar surface area (TPSA) is 98.2 Å². The van der Waals surface area contributed by atoms with E-state index in [1.807, 2.05) is 12.1 Å². The van der Waals surface area contributed by atoms with Crippen LogP contribution < -0.4 is 14.2 Å². The maximum absolute atomic E-state index is 13.2. The molecule has 3 aromatic rings. The van der Waals surface area contributed by atoms with Gasteiger partial charge in [-0.1, -0.05) is 12.1 Å². The number of pyridine rings is 1. The molecule has 1 N–H and O–H groups in total. The molecular weight excluding hydrogens is 436 g/mol. The van der Waals surface area contributed by atoms with Crippen LogP contribution in [0.5, 0.6) is 17.2 Å². The van der Waals surface area contributed by atoms with E-state index in [2.05, 4.69) is 4.98 Å². The van der Waals surface area contributed by atoms with Crippen LogP contribution in [0.4, 0.5) is 0 Å². The summed E-state index contributed by atoms with van der Waals surface area (Å²) in [5, 5.41) is 11.2. The van der Waals surface area contributed by atoms with Crippen molar-refractivity contribution in [2.24, 2.45) is 0 Å². The summed E-state index contributed by atoms with van der Waals surface area (Å²) in [5.74, 6) is -0.265. The summed E-state index contributed by atoms with van der Waals surface area (Å²) in [7, 11) is 4.54. The monoisotopic (exact) mass is 460 g/mol. The molecule has 174 valence electrons. The van der Waals surface area contributed by atoms with Gasteiger partial charge < -0.3 is 24.2 Å². The number of methoxy groups -OCH3 is 3. The Morgan fingerprint density at radius 2 is 1.68 bits per heavy atom. The zero-order chi connectivity index (χ0) is 24.2. The first-order chi connectivity index (χ1) is 16.5. The number of aliphatic hydroxyl groups is 1. The number of likely N-dealkylation sites (tertiary alicyclic amines) is 1. The number of ketones is 1. The Bertz CT molecular complexity index is 1260. The van der Waals surface area contributed by atoms with Gasteiger partial charge in [0.05, 0.1) is 32.9 Å². The highest BCUT2D eigenvalue weighted by atomic mass is 16.5. The second-order valence-corrected chi connectivity index (χ2v) is 7.63. The molecule has 2 aromatic carbocycles. The summed E-state index contributed by atoms with van der Waals surface area (Å²) in [4.78, 5) is 31.8. The van der Waals surface area contributed by atoms with Gasteiger partial charge in [0.1, 0.15) is 11.5 Å². The van der Waals surface area contributed by atoms with Gasteiger partial charge in [0.25, 0.3) is 11.7 Å². The van der Waals surface area contributed by atoms with Gasteiger partial charge in [0, 0.05) is 24.5 Å². The van der Waals surface area contributed by atoms with Crippen LogP contribution >= 0.6 is 0 Å². The third kappa shape index (κ3) is 4.17. The van der Waals surface area contributed by atoms with Crippen molar-refractivity contribution in [3.63, 3.8) is 0 Å². The fourth-order valence-electron chi connectivity index (χ4n) is 4.04. The van der Waals surface area contributed by atoms with Crippen molar-refractivity contribution in [3.8, 4) is 17.2 Å². The lowest BCUT2D eigenvalue weighted by Gasteiger charge is -2.25. The van der Waals surface area contributed by atoms with Crippen LogP contribution in [-0.2, 0) is 16.1 Å². The predicted octanol–water partition coefficient (Wildman–Crippen LogP) is 3.73. The normalized spacial score (nSPS) is 17.0. The maximum Gasteiger partial charge on any atom is 0.295 e. The van der Waals surface area contributed by atoms with E-state index >= 15 is 0 Å². The highest BCUT2D eigenvalue weighted by molar-refractivity contribution is 6.46. The van der Waals surface area contributed by atoms with E-state index in [1.54, 1.807) is 62.0 Å². The molecular formula is C26H24N2O6. The minimum atomic E-state index is -0.803. The molecule has 4 rings (SSSR count). The molecule has 1 atom stereocenters. The number of hydrogen-bond donors (Lipinski definition) is 1. The van der Waals surface area contributed by atoms with E-state index in [1.165, 1.54) is 19.1 Å². The average Bonchev–Trinajstić information content (AvgIpc) is 3.13. The van der Waals surface area contributed by atoms with Gasteiger partial charge in [0.2, 0.25) is 0 Å². The smallest absolute Gasteiger partial charge is 0.295 e. The summed E-state index contributed by atoms with van der Waals surface area (Å²) in [5.41, 5.74) is 1.76. The van der Waals surface area contributed by atoms with Gasteiger partial charge in [-0.25, -0.2) is 0 Å². The van der Waals surface area contributed by atoms with Crippen molar-refractivity contribution in [1.82, 2.24) is 9.88 Å². The SMILES string of the molecule is COc1cccc(CN2C(=O)C(=O)/C(=C(\O)c3ccc(OC)c(OC)c3)C2c2ccncc2)c1. The zero-order valence-electron chi connectivity index (χ0n) is 19.0. The number of aliphatic hydroxyl groups excluding tert-OH is 1. The van der Waals surface area contributed by atoms with Crippen LogP contribution in [0.3, 0.4) is 0 Å². The van der Waals surface area contributed by atoms with Crippen LogP contribution in [0, 0.1) is 0 Å². The molecule has 1 saturated heterocycles. The Labute approximate surface area is 197 Å². The molecule has 8 nitrogen and oxygen atoms in total. The molecule has 2 heterocycles. The largest absolute Gasteiger partial charge is 0.507 e. The fourth-order valence-corrected chi connectivity index (χ4v) is 4.04. The molecule has 8 heteroatoms. The lowest BCUT2D eigenvalue weighted by molar-refractivity contribution is -0.140. The van der Waals surface area contributed by atoms with Crippen LogP contribution in [0.25, 0.3) is 5.76 Å². The molecule has 34 heavy (non-hydrogen) atoms. The van der Waals surface area contributed by atoms with Gasteiger partial charge in [-0.15, -0.1) is 0 Å². The number of rotatable bonds is 7. The number of aromatic nitrogens is 1. The number of carbonyl (C=O) groups excluding carboxylic acids is 2. The molecule has 1 aliphatic rings. The van der Waals surface area contributed by atoms with E-state index in [4.69, 9.17) is 14.2 Å². The Kier molecular flexibility index (Phi) is 6.49. The quantitative estimate of drug-likeness (QED) is 0.326. The summed E-state index contributed by atoms with van der Waals surface area (Å²) >= 11 is 0. The zero-order valence-corrected chi connectivity index (χ0v) is 19.0. The highest BCUT2D eigenvalue weighted by Gasteiger charge is 2.46. The number of Topliss-reactive ketones (excluding diaryl/α,β-unsaturated/α-hetero) is 1. The van der Waals surface area contributed by atoms with Gasteiger partial charge >= 0.3 is 0 Å². The summed E-state index contributed by atoms with van der Waals surface area (Å²) < 4.78 is 15.9. The van der Waals surface area contributed by atoms with Crippen molar-refractivity contribution in [3.05, 3.63) is 89.3 Å². The molecule has 1 aromatic heterocycles. The number of hydrogen-bond acceptors (Lipinski definition) is 7. The number of nitrogens with zero attached hydrogens (tertiary/aromatic N) is 2. The minimum absolute atomic E-state index is 0.00804. The molecule has 0 saturated carbocycles. The fraction of sp³-hybridized carbons (Fsp3) is 0.192. The van der Waals surface area contributed by atoms with Crippen molar-refractivity contribution >= 4 is 17.4 Å². The minimum Gasteiger partial charge on any atom is -0.507 e. The molecule has 0 radical (unpaired) electrons. The number of benzene rings is 2. The first kappa shape index (κ1) is 22.8. The van der Waals surface area contributed by atoms with Crippen LogP contribution in [0.2, 0.25) is 0 Å². The van der Waals surface area contributed by atoms with Gasteiger partial charge in [-0.2, -0.15) is 0 Å². The van der Waals surface area contributed by atoms with E-state index < -0.39 is 17.7 Å². The van der Waals surface area contributed by atoms with Crippen LogP contribution in [-0.4, -0.2) is 48.0 Å². The van der Waals surface area contributed by atoms with E-state index in [0.717, 1.165) is 5.56 Å². The molecule has 0 aliphatic carbocycles. The van der Waals surface area contributed by atoms with Gasteiger partial charge in [-0.3, -0.25) is 14.6 Å². The number of ether oxygens (including phenoxy) is 3. The lowest BCUT2D eigenvalue weighted by Crippen LogP contribution is -2.29. The van der Waals surface area contributed by atoms with Crippen molar-refractivity contribution in [1.29, 1.82) is 0 Å². The van der Waals surface area contributed by atoms with Crippen molar-refractivity contribution in [2.45, 2.75) is 12.6 Å². The second kappa shape index (κ2) is 9.66. The summed E-state index contributed by atoms with van der Waals surface area (Å²) in [6, 6.07) is 14.7. The molecule has 1 aliphatic heterocycles. The predicted molar refractivity (Wildman–Crippen MR) is 125 cm³/mol. The molecule has 1 unspecified atom stereocenters. The van der Waals surface area contributed by atoms with Crippen molar-refractivity contribution < 1.29 is 28.9 Å². The summed E-state index contributed by atoms with van der Waals surface area (Å²) in [6.45, 7) is 0.150. The molecule has 0 bridgehead atoms. The first-order valence-electron chi connectivity index (χ1n) is 10.5. The Balaban J connectivity index is 1.84. The van der Waals surface area contributed by atoms with E-state index in [9.17, 15) is 14.7 Å². The molecule has 1 fully saturated rings. The van der Waals surface area contributed by atoms with Crippen LogP contribution in [0.1, 0.15) is 22.7 Å². The molecule has 1 amide bonds. The Morgan fingerprint density at radius 1 is 0.941 bits per heavy atom. The second-order valence-electron chi connectivity index (χ2n) is 7.63. The highest BCUT2D eigenvalue weighted by Crippen LogP contribution is 2.41. The first-order valence-corrected chi connectivity index (χ1v) is 10.5. The number of carbonyl (C=O) groups is 2. The van der Waals surface area contributed by atoms with Crippen molar-refractivity contribution in [2.75, 3.05) is 21.3 Å². The third-order valence-corrected chi connectivity index (χ3v) is 5.71. The Morgan fingerprint density at radius 3 is 2.35 bits per heavy atom. The van der Waals surface area contributed by atoms with Gasteiger partial charge in [0.15, 0.2) is 11.5 Å². The third-order valence-electron chi connectivity index (χ3n) is 5.71. The molecule has 0 spiro atoms. The lowest BCUT2D eigenvalue weighted by atomic mass is 9.95. The summed E-state index contributed by atoms with van der Waals surface area (Å²) in [6.07, 6.45) is 3.16.